The number of thioether (sulfide) groups is 1. The topological polar surface area (TPSA) is 12.0 Å². The highest BCUT2D eigenvalue weighted by Gasteiger charge is 2.15. The van der Waals surface area contributed by atoms with Crippen molar-refractivity contribution in [1.29, 1.82) is 0 Å². The average Bonchev–Trinajstić information content (AvgIpc) is 2.04. The Hall–Kier alpha value is -0.470. The molecule has 0 aromatic heterocycles. The molecule has 2 rings (SSSR count). The molecule has 0 radical (unpaired) electrons. The number of benzene rings is 1. The van der Waals surface area contributed by atoms with Gasteiger partial charge in [0.15, 0.2) is 0 Å². The van der Waals surface area contributed by atoms with Crippen molar-refractivity contribution < 1.29 is 0 Å². The maximum absolute atomic E-state index is 3.39. The van der Waals surface area contributed by atoms with Gasteiger partial charge in [-0.2, -0.15) is 0 Å². The molecule has 1 N–H and O–H groups in total. The van der Waals surface area contributed by atoms with Gasteiger partial charge in [-0.15, -0.1) is 11.8 Å². The predicted molar refractivity (Wildman–Crippen MR) is 53.6 cm³/mol. The lowest BCUT2D eigenvalue weighted by atomic mass is 10.1. The van der Waals surface area contributed by atoms with Gasteiger partial charge in [0.1, 0.15) is 0 Å². The molecule has 12 heavy (non-hydrogen) atoms. The van der Waals surface area contributed by atoms with Gasteiger partial charge in [0.2, 0.25) is 0 Å². The van der Waals surface area contributed by atoms with Crippen LogP contribution in [0.15, 0.2) is 35.2 Å². The standard InChI is InChI=1S/C10H13NS/c1-2-4-10(5-3-1)12-8-9-6-7-11-9/h1-5,9,11H,6-8H2. The van der Waals surface area contributed by atoms with Crippen LogP contribution in [0.4, 0.5) is 0 Å². The van der Waals surface area contributed by atoms with Crippen LogP contribution in [0.3, 0.4) is 0 Å². The molecule has 1 aliphatic rings. The molecule has 2 heteroatoms. The van der Waals surface area contributed by atoms with Gasteiger partial charge in [0.25, 0.3) is 0 Å². The fourth-order valence-corrected chi connectivity index (χ4v) is 2.23. The molecular formula is C10H13NS. The van der Waals surface area contributed by atoms with Crippen molar-refractivity contribution >= 4 is 11.8 Å². The fourth-order valence-electron chi connectivity index (χ4n) is 1.20. The summed E-state index contributed by atoms with van der Waals surface area (Å²) in [7, 11) is 0. The third-order valence-corrected chi connectivity index (χ3v) is 3.29. The maximum Gasteiger partial charge on any atom is 0.0173 e. The smallest absolute Gasteiger partial charge is 0.0173 e. The first-order valence-corrected chi connectivity index (χ1v) is 5.35. The number of nitrogens with one attached hydrogen (secondary N) is 1. The summed E-state index contributed by atoms with van der Waals surface area (Å²) in [6.07, 6.45) is 1.35. The first kappa shape index (κ1) is 8.14. The minimum atomic E-state index is 0.759. The van der Waals surface area contributed by atoms with Crippen LogP contribution in [0, 0.1) is 0 Å². The highest BCUT2D eigenvalue weighted by atomic mass is 32.2. The van der Waals surface area contributed by atoms with E-state index in [0.717, 1.165) is 6.04 Å². The van der Waals surface area contributed by atoms with E-state index >= 15 is 0 Å². The Balaban J connectivity index is 1.79. The fraction of sp³-hybridized carbons (Fsp3) is 0.400. The molecule has 1 fully saturated rings. The van der Waals surface area contributed by atoms with Crippen LogP contribution >= 0.6 is 11.8 Å². The molecule has 1 nitrogen and oxygen atoms in total. The summed E-state index contributed by atoms with van der Waals surface area (Å²) in [5, 5.41) is 3.39. The quantitative estimate of drug-likeness (QED) is 0.713. The van der Waals surface area contributed by atoms with Gasteiger partial charge in [0.05, 0.1) is 0 Å². The summed E-state index contributed by atoms with van der Waals surface area (Å²) in [4.78, 5) is 1.38. The highest BCUT2D eigenvalue weighted by molar-refractivity contribution is 7.99. The SMILES string of the molecule is c1ccc(SCC2CCN2)cc1. The molecule has 0 spiro atoms. The first-order valence-electron chi connectivity index (χ1n) is 4.36. The molecule has 1 heterocycles. The van der Waals surface area contributed by atoms with Gasteiger partial charge < -0.3 is 5.32 Å². The van der Waals surface area contributed by atoms with Crippen molar-refractivity contribution in [2.75, 3.05) is 12.3 Å². The van der Waals surface area contributed by atoms with Crippen LogP contribution in [0.1, 0.15) is 6.42 Å². The van der Waals surface area contributed by atoms with Gasteiger partial charge in [0, 0.05) is 16.7 Å². The van der Waals surface area contributed by atoms with Crippen molar-refractivity contribution in [3.8, 4) is 0 Å². The van der Waals surface area contributed by atoms with Crippen molar-refractivity contribution in [3.63, 3.8) is 0 Å². The zero-order chi connectivity index (χ0) is 8.23. The summed E-state index contributed by atoms with van der Waals surface area (Å²) in [6.45, 7) is 1.21. The lowest BCUT2D eigenvalue weighted by molar-refractivity contribution is 0.405. The zero-order valence-corrected chi connectivity index (χ0v) is 7.81. The summed E-state index contributed by atoms with van der Waals surface area (Å²) < 4.78 is 0. The molecule has 0 aliphatic carbocycles. The van der Waals surface area contributed by atoms with Crippen LogP contribution in [0.2, 0.25) is 0 Å². The minimum absolute atomic E-state index is 0.759. The van der Waals surface area contributed by atoms with E-state index in [-0.39, 0.29) is 0 Å². The number of hydrogen-bond donors (Lipinski definition) is 1. The van der Waals surface area contributed by atoms with E-state index in [2.05, 4.69) is 35.6 Å². The largest absolute Gasteiger partial charge is 0.313 e. The van der Waals surface area contributed by atoms with Gasteiger partial charge >= 0.3 is 0 Å². The Morgan fingerprint density at radius 2 is 2.08 bits per heavy atom. The van der Waals surface area contributed by atoms with Gasteiger partial charge in [-0.25, -0.2) is 0 Å². The van der Waals surface area contributed by atoms with Crippen molar-refractivity contribution in [1.82, 2.24) is 5.32 Å². The van der Waals surface area contributed by atoms with Gasteiger partial charge in [-0.1, -0.05) is 18.2 Å². The molecule has 1 saturated heterocycles. The summed E-state index contributed by atoms with van der Waals surface area (Å²) in [5.41, 5.74) is 0. The summed E-state index contributed by atoms with van der Waals surface area (Å²) >= 11 is 1.94. The van der Waals surface area contributed by atoms with E-state index < -0.39 is 0 Å². The van der Waals surface area contributed by atoms with Crippen LogP contribution < -0.4 is 5.32 Å². The zero-order valence-electron chi connectivity index (χ0n) is 6.99. The van der Waals surface area contributed by atoms with Crippen LogP contribution in [0.25, 0.3) is 0 Å². The lowest BCUT2D eigenvalue weighted by Gasteiger charge is -2.26. The van der Waals surface area contributed by atoms with Gasteiger partial charge in [-0.05, 0) is 25.1 Å². The molecule has 0 saturated carbocycles. The molecule has 64 valence electrons. The third kappa shape index (κ3) is 2.02. The molecule has 1 unspecified atom stereocenters. The van der Waals surface area contributed by atoms with E-state index in [9.17, 15) is 0 Å². The normalized spacial score (nSPS) is 21.8. The Morgan fingerprint density at radius 1 is 1.33 bits per heavy atom. The Morgan fingerprint density at radius 3 is 2.67 bits per heavy atom. The monoisotopic (exact) mass is 179 g/mol. The van der Waals surface area contributed by atoms with E-state index in [1.807, 2.05) is 11.8 Å². The van der Waals surface area contributed by atoms with E-state index in [1.165, 1.54) is 23.6 Å². The molecule has 1 atom stereocenters. The molecule has 1 aromatic rings. The Kier molecular flexibility index (Phi) is 2.69. The van der Waals surface area contributed by atoms with Crippen LogP contribution in [-0.4, -0.2) is 18.3 Å². The summed E-state index contributed by atoms with van der Waals surface area (Å²) in [5.74, 6) is 1.21. The molecule has 1 aromatic carbocycles. The van der Waals surface area contributed by atoms with Gasteiger partial charge in [-0.3, -0.25) is 0 Å². The third-order valence-electron chi connectivity index (χ3n) is 2.12. The minimum Gasteiger partial charge on any atom is -0.313 e. The van der Waals surface area contributed by atoms with Crippen molar-refractivity contribution in [2.45, 2.75) is 17.4 Å². The van der Waals surface area contributed by atoms with Crippen molar-refractivity contribution in [3.05, 3.63) is 30.3 Å². The lowest BCUT2D eigenvalue weighted by Crippen LogP contribution is -2.44. The second-order valence-electron chi connectivity index (χ2n) is 3.06. The molecule has 0 bridgehead atoms. The van der Waals surface area contributed by atoms with Crippen LogP contribution in [0.5, 0.6) is 0 Å². The molecular weight excluding hydrogens is 166 g/mol. The average molecular weight is 179 g/mol. The Bertz CT molecular complexity index is 231. The molecule has 1 aliphatic heterocycles. The van der Waals surface area contributed by atoms with E-state index in [4.69, 9.17) is 0 Å². The van der Waals surface area contributed by atoms with Crippen LogP contribution in [-0.2, 0) is 0 Å². The van der Waals surface area contributed by atoms with Crippen molar-refractivity contribution in [2.24, 2.45) is 0 Å². The number of hydrogen-bond acceptors (Lipinski definition) is 2. The first-order chi connectivity index (χ1) is 5.95. The second kappa shape index (κ2) is 3.97. The van der Waals surface area contributed by atoms with E-state index in [1.54, 1.807) is 0 Å². The van der Waals surface area contributed by atoms with E-state index in [0.29, 0.717) is 0 Å². The second-order valence-corrected chi connectivity index (χ2v) is 4.16. The summed E-state index contributed by atoms with van der Waals surface area (Å²) in [6, 6.07) is 11.3. The molecule has 0 amide bonds. The number of rotatable bonds is 3. The maximum atomic E-state index is 3.39. The predicted octanol–water partition coefficient (Wildman–Crippen LogP) is 2.14. The highest BCUT2D eigenvalue weighted by Crippen LogP contribution is 2.20. The Labute approximate surface area is 77.6 Å².